The summed E-state index contributed by atoms with van der Waals surface area (Å²) in [5, 5.41) is 13.4. The number of carbonyl (C=O) groups is 2. The fourth-order valence-corrected chi connectivity index (χ4v) is 11.8. The topological polar surface area (TPSA) is 146 Å². The molecule has 0 aliphatic carbocycles. The molecule has 8 heterocycles. The highest BCUT2D eigenvalue weighted by Crippen LogP contribution is 2.51. The highest BCUT2D eigenvalue weighted by Gasteiger charge is 2.54. The summed E-state index contributed by atoms with van der Waals surface area (Å²) < 4.78 is 66.0. The largest absolute Gasteiger partial charge is 0.461 e. The maximum atomic E-state index is 17.9. The van der Waals surface area contributed by atoms with Crippen LogP contribution in [-0.4, -0.2) is 104 Å². The van der Waals surface area contributed by atoms with Crippen LogP contribution in [0.1, 0.15) is 91.7 Å². The van der Waals surface area contributed by atoms with E-state index in [9.17, 15) is 19.2 Å². The first kappa shape index (κ1) is 41.7. The maximum absolute atomic E-state index is 17.9. The van der Waals surface area contributed by atoms with E-state index >= 15 is 8.78 Å². The molecule has 61 heavy (non-hydrogen) atoms. The van der Waals surface area contributed by atoms with Gasteiger partial charge in [-0.2, -0.15) is 15.2 Å². The Morgan fingerprint density at radius 3 is 2.57 bits per heavy atom. The van der Waals surface area contributed by atoms with E-state index in [2.05, 4.69) is 33.1 Å². The van der Waals surface area contributed by atoms with E-state index < -0.39 is 46.7 Å². The number of nitrogens with zero attached hydrogens (tertiary/aromatic N) is 7. The molecule has 9 rings (SSSR count). The van der Waals surface area contributed by atoms with E-state index in [0.717, 1.165) is 43.3 Å². The Kier molecular flexibility index (Phi) is 10.1. The number of rotatable bonds is 5. The standard InChI is InChI=1S/C43H48ClF3N8O5S/c1-20-13-23-28-33(31(47)29(30(23)44)32-27-24(15-48)37(52-39(56)59-41(2,3)4)61-35(27)25(46)16-49-32)50-38(58-19-43-11-8-12-53(43)17-21(45)14-43)51-36(28)54-18-22-9-10-26(34(20)54)55(22)40(57)60-42(5,6)7/h16,20-22,26,34H,8-14,17-19H2,1-7H3,(H,52,56)/t20-,21+,22+,26-,34-,43-/m0/s1. The van der Waals surface area contributed by atoms with Crippen molar-refractivity contribution in [2.75, 3.05) is 36.5 Å². The number of benzene rings is 1. The fourth-order valence-electron chi connectivity index (χ4n) is 10.4. The van der Waals surface area contributed by atoms with Crippen molar-refractivity contribution in [1.82, 2.24) is 24.8 Å². The lowest BCUT2D eigenvalue weighted by molar-refractivity contribution is 0.00489. The number of aromatic nitrogens is 3. The van der Waals surface area contributed by atoms with Crippen LogP contribution in [0.2, 0.25) is 5.02 Å². The number of pyridine rings is 1. The zero-order valence-electron chi connectivity index (χ0n) is 35.1. The van der Waals surface area contributed by atoms with Gasteiger partial charge in [-0.25, -0.2) is 22.8 Å². The number of amides is 2. The molecule has 3 aromatic heterocycles. The Hall–Kier alpha value is -4.66. The van der Waals surface area contributed by atoms with Crippen LogP contribution in [0, 0.1) is 28.9 Å². The van der Waals surface area contributed by atoms with Gasteiger partial charge in [-0.1, -0.05) is 18.5 Å². The molecular formula is C43H48ClF3N8O5S. The van der Waals surface area contributed by atoms with Crippen LogP contribution in [0.3, 0.4) is 0 Å². The second-order valence-corrected chi connectivity index (χ2v) is 20.5. The van der Waals surface area contributed by atoms with Gasteiger partial charge in [-0.15, -0.1) is 11.3 Å². The van der Waals surface area contributed by atoms with Crippen LogP contribution in [-0.2, 0) is 15.9 Å². The lowest BCUT2D eigenvalue weighted by Crippen LogP contribution is -2.63. The fraction of sp³-hybridized carbons (Fsp3) is 0.581. The molecule has 1 aromatic carbocycles. The van der Waals surface area contributed by atoms with Gasteiger partial charge in [0, 0.05) is 24.9 Å². The number of ether oxygens (including phenoxy) is 3. The number of hydrogen-bond acceptors (Lipinski definition) is 12. The molecular weight excluding hydrogens is 833 g/mol. The Balaban J connectivity index is 1.22. The molecule has 0 unspecified atom stereocenters. The molecule has 0 radical (unpaired) electrons. The van der Waals surface area contributed by atoms with E-state index in [1.54, 1.807) is 20.8 Å². The number of anilines is 2. The first-order valence-corrected chi connectivity index (χ1v) is 22.0. The molecule has 5 aliphatic heterocycles. The van der Waals surface area contributed by atoms with Crippen molar-refractivity contribution in [3.05, 3.63) is 34.0 Å². The molecule has 13 nitrogen and oxygen atoms in total. The van der Waals surface area contributed by atoms with Gasteiger partial charge in [-0.3, -0.25) is 20.1 Å². The van der Waals surface area contributed by atoms with Crippen LogP contribution in [0.5, 0.6) is 6.01 Å². The molecule has 324 valence electrons. The van der Waals surface area contributed by atoms with Crippen LogP contribution in [0.25, 0.3) is 32.2 Å². The average molecular weight is 881 g/mol. The lowest BCUT2D eigenvalue weighted by Gasteiger charge is -2.49. The predicted molar refractivity (Wildman–Crippen MR) is 225 cm³/mol. The molecule has 6 atom stereocenters. The number of nitriles is 1. The lowest BCUT2D eigenvalue weighted by atomic mass is 9.86. The van der Waals surface area contributed by atoms with Crippen molar-refractivity contribution in [2.24, 2.45) is 5.92 Å². The first-order chi connectivity index (χ1) is 28.8. The van der Waals surface area contributed by atoms with Gasteiger partial charge in [0.05, 0.1) is 61.8 Å². The minimum absolute atomic E-state index is 0.00601. The van der Waals surface area contributed by atoms with Crippen LogP contribution in [0.15, 0.2) is 6.20 Å². The molecule has 0 saturated carbocycles. The van der Waals surface area contributed by atoms with E-state index in [0.29, 0.717) is 49.1 Å². The highest BCUT2D eigenvalue weighted by molar-refractivity contribution is 7.23. The Morgan fingerprint density at radius 1 is 1.10 bits per heavy atom. The zero-order chi connectivity index (χ0) is 43.5. The number of hydrogen-bond donors (Lipinski definition) is 1. The van der Waals surface area contributed by atoms with Crippen molar-refractivity contribution in [2.45, 2.75) is 128 Å². The normalized spacial score (nSPS) is 26.0. The summed E-state index contributed by atoms with van der Waals surface area (Å²) in [5.74, 6) is -1.45. The van der Waals surface area contributed by atoms with E-state index in [4.69, 9.17) is 35.8 Å². The molecule has 2 amide bonds. The molecule has 18 heteroatoms. The summed E-state index contributed by atoms with van der Waals surface area (Å²) in [4.78, 5) is 46.9. The number of fused-ring (bicyclic) bond motifs is 7. The third kappa shape index (κ3) is 7.06. The van der Waals surface area contributed by atoms with Crippen molar-refractivity contribution in [3.63, 3.8) is 0 Å². The van der Waals surface area contributed by atoms with E-state index in [1.807, 2.05) is 25.7 Å². The van der Waals surface area contributed by atoms with Crippen molar-refractivity contribution >= 4 is 66.9 Å². The third-order valence-electron chi connectivity index (χ3n) is 12.6. The summed E-state index contributed by atoms with van der Waals surface area (Å²) in [7, 11) is 0. The molecule has 0 spiro atoms. The van der Waals surface area contributed by atoms with Gasteiger partial charge in [0.15, 0.2) is 11.6 Å². The van der Waals surface area contributed by atoms with Gasteiger partial charge >= 0.3 is 18.2 Å². The molecule has 4 fully saturated rings. The predicted octanol–water partition coefficient (Wildman–Crippen LogP) is 9.16. The van der Waals surface area contributed by atoms with Crippen molar-refractivity contribution in [1.29, 1.82) is 5.26 Å². The minimum Gasteiger partial charge on any atom is -0.461 e. The van der Waals surface area contributed by atoms with Crippen LogP contribution < -0.4 is 15.0 Å². The van der Waals surface area contributed by atoms with Gasteiger partial charge in [-0.05, 0) is 91.7 Å². The van der Waals surface area contributed by atoms with Gasteiger partial charge in [0.1, 0.15) is 46.4 Å². The molecule has 4 saturated heterocycles. The van der Waals surface area contributed by atoms with Gasteiger partial charge < -0.3 is 19.1 Å². The molecule has 5 aliphatic rings. The SMILES string of the molecule is C[C@H]1Cc2c(Cl)c(-c3ncc(F)c4sc(NC(=O)OC(C)(C)C)c(C#N)c34)c(F)c3nc(OC[C@@]45CCCN4C[C@H](F)C5)nc(c23)N2C[C@H]3CC[C@@H]([C@H]12)N3C(=O)OC(C)(C)C. The average Bonchev–Trinajstić information content (AvgIpc) is 3.88. The number of alkyl halides is 1. The zero-order valence-corrected chi connectivity index (χ0v) is 36.7. The minimum atomic E-state index is -0.995. The molecule has 1 N–H and O–H groups in total. The molecule has 4 aromatic rings. The van der Waals surface area contributed by atoms with Gasteiger partial charge in [0.2, 0.25) is 0 Å². The second-order valence-electron chi connectivity index (χ2n) is 19.1. The highest BCUT2D eigenvalue weighted by atomic mass is 35.5. The van der Waals surface area contributed by atoms with Crippen LogP contribution in [0.4, 0.5) is 33.6 Å². The number of piperazine rings is 1. The number of nitrogens with one attached hydrogen (secondary N) is 1. The van der Waals surface area contributed by atoms with E-state index in [-0.39, 0.29) is 79.1 Å². The number of halogens is 4. The Morgan fingerprint density at radius 2 is 1.85 bits per heavy atom. The monoisotopic (exact) mass is 880 g/mol. The summed E-state index contributed by atoms with van der Waals surface area (Å²) in [5.41, 5.74) is -2.17. The van der Waals surface area contributed by atoms with Crippen molar-refractivity contribution in [3.8, 4) is 23.3 Å². The third-order valence-corrected chi connectivity index (χ3v) is 14.2. The Bertz CT molecular complexity index is 2540. The smallest absolute Gasteiger partial charge is 0.412 e. The summed E-state index contributed by atoms with van der Waals surface area (Å²) >= 11 is 8.18. The summed E-state index contributed by atoms with van der Waals surface area (Å²) in [6.07, 6.45) is 2.39. The van der Waals surface area contributed by atoms with Crippen molar-refractivity contribution < 1.29 is 37.0 Å². The van der Waals surface area contributed by atoms with E-state index in [1.165, 1.54) is 0 Å². The first-order valence-electron chi connectivity index (χ1n) is 20.8. The second kappa shape index (κ2) is 14.7. The summed E-state index contributed by atoms with van der Waals surface area (Å²) in [6.45, 7) is 14.2. The quantitative estimate of drug-likeness (QED) is 0.205. The number of carbonyl (C=O) groups excluding carboxylic acids is 2. The van der Waals surface area contributed by atoms with Crippen LogP contribution >= 0.6 is 22.9 Å². The summed E-state index contributed by atoms with van der Waals surface area (Å²) in [6, 6.07) is 1.18. The Labute approximate surface area is 360 Å². The molecule has 2 bridgehead atoms. The maximum Gasteiger partial charge on any atom is 0.412 e. The number of thiophene rings is 1. The van der Waals surface area contributed by atoms with Gasteiger partial charge in [0.25, 0.3) is 0 Å².